The molecule has 0 aliphatic carbocycles. The van der Waals surface area contributed by atoms with Crippen molar-refractivity contribution < 1.29 is 19.1 Å². The molecule has 0 radical (unpaired) electrons. The van der Waals surface area contributed by atoms with Gasteiger partial charge in [0.2, 0.25) is 0 Å². The molecule has 2 aromatic rings. The Morgan fingerprint density at radius 2 is 1.72 bits per heavy atom. The van der Waals surface area contributed by atoms with Gasteiger partial charge in [0.05, 0.1) is 16.8 Å². The van der Waals surface area contributed by atoms with Gasteiger partial charge >= 0.3 is 0 Å². The smallest absolute Gasteiger partial charge is 0.256 e. The summed E-state index contributed by atoms with van der Waals surface area (Å²) in [5.74, 6) is 0.536. The van der Waals surface area contributed by atoms with Gasteiger partial charge in [-0.3, -0.25) is 9.59 Å². The summed E-state index contributed by atoms with van der Waals surface area (Å²) in [4.78, 5) is 24.8. The summed E-state index contributed by atoms with van der Waals surface area (Å²) in [5.41, 5.74) is 1.25. The van der Waals surface area contributed by atoms with Crippen LogP contribution in [-0.4, -0.2) is 31.6 Å². The molecule has 130 valence electrons. The molecule has 0 bridgehead atoms. The fourth-order valence-electron chi connectivity index (χ4n) is 2.47. The largest absolute Gasteiger partial charge is 0.486 e. The molecule has 0 spiro atoms. The Morgan fingerprint density at radius 3 is 2.44 bits per heavy atom. The first kappa shape index (κ1) is 17.3. The molecule has 2 N–H and O–H groups in total. The van der Waals surface area contributed by atoms with E-state index in [2.05, 4.69) is 26.6 Å². The topological polar surface area (TPSA) is 76.7 Å². The monoisotopic (exact) mass is 404 g/mol. The van der Waals surface area contributed by atoms with E-state index in [9.17, 15) is 9.59 Å². The number of amides is 2. The molecule has 25 heavy (non-hydrogen) atoms. The molecule has 0 atom stereocenters. The maximum Gasteiger partial charge on any atom is 0.256 e. The van der Waals surface area contributed by atoms with Crippen LogP contribution in [0.3, 0.4) is 0 Å². The number of ether oxygens (including phenoxy) is 2. The highest BCUT2D eigenvalue weighted by molar-refractivity contribution is 9.10. The van der Waals surface area contributed by atoms with Crippen molar-refractivity contribution in [3.8, 4) is 11.5 Å². The molecule has 7 heteroatoms. The molecule has 0 unspecified atom stereocenters. The number of para-hydroxylation sites is 1. The summed E-state index contributed by atoms with van der Waals surface area (Å²) in [7, 11) is 0. The van der Waals surface area contributed by atoms with Gasteiger partial charge in [0.15, 0.2) is 11.5 Å². The fraction of sp³-hybridized carbons (Fsp3) is 0.222. The van der Waals surface area contributed by atoms with Crippen LogP contribution in [0.1, 0.15) is 27.6 Å². The van der Waals surface area contributed by atoms with Gasteiger partial charge in [0, 0.05) is 11.0 Å². The van der Waals surface area contributed by atoms with Crippen molar-refractivity contribution in [2.75, 3.05) is 25.1 Å². The van der Waals surface area contributed by atoms with Gasteiger partial charge in [-0.2, -0.15) is 0 Å². The molecule has 2 aromatic carbocycles. The second kappa shape index (κ2) is 7.57. The molecule has 0 saturated heterocycles. The maximum absolute atomic E-state index is 12.7. The number of anilines is 1. The maximum atomic E-state index is 12.7. The molecule has 0 fully saturated rings. The average Bonchev–Trinajstić information content (AvgIpc) is 2.61. The van der Waals surface area contributed by atoms with Crippen LogP contribution in [0.15, 0.2) is 40.9 Å². The summed E-state index contributed by atoms with van der Waals surface area (Å²) in [6.45, 7) is 3.26. The Kier molecular flexibility index (Phi) is 5.23. The van der Waals surface area contributed by atoms with Gasteiger partial charge in [-0.1, -0.05) is 12.1 Å². The van der Waals surface area contributed by atoms with Gasteiger partial charge in [0.25, 0.3) is 11.8 Å². The van der Waals surface area contributed by atoms with Gasteiger partial charge in [-0.05, 0) is 47.1 Å². The molecule has 3 rings (SSSR count). The van der Waals surface area contributed by atoms with E-state index in [1.807, 2.05) is 6.92 Å². The lowest BCUT2D eigenvalue weighted by molar-refractivity contribution is 0.0956. The van der Waals surface area contributed by atoms with Crippen molar-refractivity contribution in [1.82, 2.24) is 5.32 Å². The Labute approximate surface area is 153 Å². The van der Waals surface area contributed by atoms with Gasteiger partial charge in [-0.15, -0.1) is 0 Å². The first-order chi connectivity index (χ1) is 12.1. The number of benzene rings is 2. The summed E-state index contributed by atoms with van der Waals surface area (Å²) in [6, 6.07) is 10.2. The average molecular weight is 405 g/mol. The number of carbonyl (C=O) groups excluding carboxylic acids is 2. The number of hydrogen-bond donors (Lipinski definition) is 2. The fourth-order valence-corrected chi connectivity index (χ4v) is 2.98. The molecule has 1 heterocycles. The number of nitrogens with one attached hydrogen (secondary N) is 2. The van der Waals surface area contributed by atoms with E-state index in [4.69, 9.17) is 9.47 Å². The first-order valence-corrected chi connectivity index (χ1v) is 8.67. The molecular formula is C18H17BrN2O4. The third-order valence-electron chi connectivity index (χ3n) is 3.63. The second-order valence-corrected chi connectivity index (χ2v) is 6.19. The Bertz CT molecular complexity index is 823. The van der Waals surface area contributed by atoms with Crippen molar-refractivity contribution >= 4 is 33.4 Å². The highest BCUT2D eigenvalue weighted by Gasteiger charge is 2.20. The van der Waals surface area contributed by atoms with Gasteiger partial charge in [-0.25, -0.2) is 0 Å². The van der Waals surface area contributed by atoms with Crippen molar-refractivity contribution in [3.05, 3.63) is 52.0 Å². The molecule has 2 amide bonds. The van der Waals surface area contributed by atoms with E-state index in [0.29, 0.717) is 52.5 Å². The number of fused-ring (bicyclic) bond motifs is 1. The predicted molar refractivity (Wildman–Crippen MR) is 97.5 cm³/mol. The van der Waals surface area contributed by atoms with Crippen molar-refractivity contribution in [3.63, 3.8) is 0 Å². The molecular weight excluding hydrogens is 388 g/mol. The first-order valence-electron chi connectivity index (χ1n) is 7.88. The van der Waals surface area contributed by atoms with Gasteiger partial charge < -0.3 is 20.1 Å². The van der Waals surface area contributed by atoms with E-state index in [0.717, 1.165) is 0 Å². The zero-order valence-electron chi connectivity index (χ0n) is 13.6. The van der Waals surface area contributed by atoms with E-state index < -0.39 is 0 Å². The van der Waals surface area contributed by atoms with E-state index in [-0.39, 0.29) is 11.8 Å². The van der Waals surface area contributed by atoms with Crippen LogP contribution in [0, 0.1) is 0 Å². The summed E-state index contributed by atoms with van der Waals surface area (Å²) in [6.07, 6.45) is 0. The van der Waals surface area contributed by atoms with Crippen LogP contribution in [-0.2, 0) is 0 Å². The zero-order valence-corrected chi connectivity index (χ0v) is 15.2. The second-order valence-electron chi connectivity index (χ2n) is 5.33. The highest BCUT2D eigenvalue weighted by atomic mass is 79.9. The SMILES string of the molecule is CCNC(=O)c1ccccc1NC(=O)c1cc2c(cc1Br)OCCO2. The van der Waals surface area contributed by atoms with Crippen molar-refractivity contribution in [2.45, 2.75) is 6.92 Å². The third kappa shape index (κ3) is 3.76. The molecule has 1 aliphatic heterocycles. The molecule has 0 aromatic heterocycles. The summed E-state index contributed by atoms with van der Waals surface area (Å²) in [5, 5.41) is 5.52. The lowest BCUT2D eigenvalue weighted by atomic mass is 10.1. The molecule has 0 saturated carbocycles. The van der Waals surface area contributed by atoms with Crippen LogP contribution in [0.5, 0.6) is 11.5 Å². The quantitative estimate of drug-likeness (QED) is 0.819. The predicted octanol–water partition coefficient (Wildman–Crippen LogP) is 3.22. The lowest BCUT2D eigenvalue weighted by Gasteiger charge is -2.20. The number of rotatable bonds is 4. The van der Waals surface area contributed by atoms with Crippen LogP contribution in [0.4, 0.5) is 5.69 Å². The minimum atomic E-state index is -0.347. The number of halogens is 1. The van der Waals surface area contributed by atoms with Crippen molar-refractivity contribution in [2.24, 2.45) is 0 Å². The van der Waals surface area contributed by atoms with Gasteiger partial charge in [0.1, 0.15) is 13.2 Å². The zero-order chi connectivity index (χ0) is 17.8. The highest BCUT2D eigenvalue weighted by Crippen LogP contribution is 2.35. The normalized spacial score (nSPS) is 12.4. The lowest BCUT2D eigenvalue weighted by Crippen LogP contribution is -2.25. The standard InChI is InChI=1S/C18H17BrN2O4/c1-2-20-17(22)11-5-3-4-6-14(11)21-18(23)12-9-15-16(10-13(12)19)25-8-7-24-15/h3-6,9-10H,2,7-8H2,1H3,(H,20,22)(H,21,23). The number of hydrogen-bond acceptors (Lipinski definition) is 4. The van der Waals surface area contributed by atoms with Crippen molar-refractivity contribution in [1.29, 1.82) is 0 Å². The minimum absolute atomic E-state index is 0.236. The summed E-state index contributed by atoms with van der Waals surface area (Å²) >= 11 is 3.39. The minimum Gasteiger partial charge on any atom is -0.486 e. The van der Waals surface area contributed by atoms with E-state index in [1.54, 1.807) is 36.4 Å². The molecule has 1 aliphatic rings. The van der Waals surface area contributed by atoms with E-state index >= 15 is 0 Å². The van der Waals surface area contributed by atoms with Crippen LogP contribution < -0.4 is 20.1 Å². The van der Waals surface area contributed by atoms with Crippen LogP contribution in [0.25, 0.3) is 0 Å². The third-order valence-corrected chi connectivity index (χ3v) is 4.29. The van der Waals surface area contributed by atoms with Crippen LogP contribution in [0.2, 0.25) is 0 Å². The number of carbonyl (C=O) groups is 2. The molecule has 6 nitrogen and oxygen atoms in total. The Morgan fingerprint density at radius 1 is 1.04 bits per heavy atom. The summed E-state index contributed by atoms with van der Waals surface area (Å²) < 4.78 is 11.6. The Balaban J connectivity index is 1.87. The van der Waals surface area contributed by atoms with E-state index in [1.165, 1.54) is 0 Å². The van der Waals surface area contributed by atoms with Crippen LogP contribution >= 0.6 is 15.9 Å². The Hall–Kier alpha value is -2.54.